The minimum absolute atomic E-state index is 0.775. The SMILES string of the molecule is Clc1ccc(C2=C=C(c3ccccc3)SCCCS2)cc1. The lowest BCUT2D eigenvalue weighted by Gasteiger charge is -2.11. The summed E-state index contributed by atoms with van der Waals surface area (Å²) in [6, 6.07) is 18.6. The van der Waals surface area contributed by atoms with Crippen molar-refractivity contribution in [3.63, 3.8) is 0 Å². The van der Waals surface area contributed by atoms with Gasteiger partial charge < -0.3 is 0 Å². The molecule has 0 unspecified atom stereocenters. The van der Waals surface area contributed by atoms with E-state index in [4.69, 9.17) is 11.6 Å². The van der Waals surface area contributed by atoms with Gasteiger partial charge in [0.1, 0.15) is 0 Å². The second-order valence-electron chi connectivity index (χ2n) is 4.71. The largest absolute Gasteiger partial charge is 0.117 e. The quantitative estimate of drug-likeness (QED) is 0.602. The topological polar surface area (TPSA) is 0 Å². The summed E-state index contributed by atoms with van der Waals surface area (Å²) >= 11 is 9.77. The first-order chi connectivity index (χ1) is 10.3. The molecule has 106 valence electrons. The van der Waals surface area contributed by atoms with Gasteiger partial charge in [-0.2, -0.15) is 0 Å². The van der Waals surface area contributed by atoms with Crippen molar-refractivity contribution in [1.29, 1.82) is 0 Å². The van der Waals surface area contributed by atoms with Crippen molar-refractivity contribution in [3.05, 3.63) is 76.5 Å². The smallest absolute Gasteiger partial charge is 0.0577 e. The first-order valence-electron chi connectivity index (χ1n) is 6.91. The van der Waals surface area contributed by atoms with Crippen LogP contribution in [0.25, 0.3) is 9.81 Å². The van der Waals surface area contributed by atoms with Gasteiger partial charge in [-0.3, -0.25) is 0 Å². The van der Waals surface area contributed by atoms with Crippen LogP contribution in [0.15, 0.2) is 60.3 Å². The fraction of sp³-hybridized carbons (Fsp3) is 0.167. The predicted octanol–water partition coefficient (Wildman–Crippen LogP) is 6.19. The molecule has 0 spiro atoms. The predicted molar refractivity (Wildman–Crippen MR) is 97.8 cm³/mol. The van der Waals surface area contributed by atoms with Gasteiger partial charge in [0.15, 0.2) is 0 Å². The third-order valence-corrected chi connectivity index (χ3v) is 5.64. The number of thioether (sulfide) groups is 2. The minimum Gasteiger partial charge on any atom is -0.117 e. The highest BCUT2D eigenvalue weighted by atomic mass is 35.5. The van der Waals surface area contributed by atoms with Crippen LogP contribution in [0.2, 0.25) is 5.02 Å². The zero-order chi connectivity index (χ0) is 14.5. The fourth-order valence-electron chi connectivity index (χ4n) is 2.08. The van der Waals surface area contributed by atoms with Crippen molar-refractivity contribution >= 4 is 44.9 Å². The summed E-state index contributed by atoms with van der Waals surface area (Å²) < 4.78 is 0. The van der Waals surface area contributed by atoms with E-state index in [9.17, 15) is 0 Å². The fourth-order valence-corrected chi connectivity index (χ4v) is 4.40. The third-order valence-electron chi connectivity index (χ3n) is 3.15. The van der Waals surface area contributed by atoms with Crippen LogP contribution in [-0.4, -0.2) is 11.5 Å². The lowest BCUT2D eigenvalue weighted by molar-refractivity contribution is 1.13. The van der Waals surface area contributed by atoms with Crippen LogP contribution in [-0.2, 0) is 0 Å². The van der Waals surface area contributed by atoms with Gasteiger partial charge in [0.05, 0.1) is 9.81 Å². The third kappa shape index (κ3) is 3.99. The normalized spacial score (nSPS) is 15.7. The number of hydrogen-bond donors (Lipinski definition) is 0. The summed E-state index contributed by atoms with van der Waals surface area (Å²) in [7, 11) is 0. The van der Waals surface area contributed by atoms with Crippen molar-refractivity contribution in [3.8, 4) is 0 Å². The molecule has 3 rings (SSSR count). The highest BCUT2D eigenvalue weighted by Gasteiger charge is 2.09. The van der Waals surface area contributed by atoms with Crippen molar-refractivity contribution < 1.29 is 0 Å². The molecule has 0 N–H and O–H groups in total. The second-order valence-corrected chi connectivity index (χ2v) is 7.35. The summed E-state index contributed by atoms with van der Waals surface area (Å²) in [6.07, 6.45) is 1.21. The summed E-state index contributed by atoms with van der Waals surface area (Å²) in [4.78, 5) is 2.44. The van der Waals surface area contributed by atoms with Gasteiger partial charge >= 0.3 is 0 Å². The van der Waals surface area contributed by atoms with Gasteiger partial charge in [0.2, 0.25) is 0 Å². The van der Waals surface area contributed by atoms with E-state index in [1.54, 1.807) is 0 Å². The van der Waals surface area contributed by atoms with E-state index in [0.717, 1.165) is 16.5 Å². The molecule has 2 aromatic rings. The Hall–Kier alpha value is -1.05. The molecule has 0 radical (unpaired) electrons. The molecule has 3 heteroatoms. The molecule has 0 saturated heterocycles. The lowest BCUT2D eigenvalue weighted by Crippen LogP contribution is -1.90. The summed E-state index contributed by atoms with van der Waals surface area (Å²) in [5.41, 5.74) is 6.07. The molecule has 0 aromatic heterocycles. The lowest BCUT2D eigenvalue weighted by atomic mass is 10.2. The number of hydrogen-bond acceptors (Lipinski definition) is 2. The Bertz CT molecular complexity index is 668. The van der Waals surface area contributed by atoms with Crippen LogP contribution in [0.4, 0.5) is 0 Å². The Kier molecular flexibility index (Phi) is 5.16. The highest BCUT2D eigenvalue weighted by Crippen LogP contribution is 2.36. The Morgan fingerprint density at radius 3 is 1.95 bits per heavy atom. The Labute approximate surface area is 139 Å². The second kappa shape index (κ2) is 7.29. The Morgan fingerprint density at radius 1 is 0.762 bits per heavy atom. The van der Waals surface area contributed by atoms with Crippen LogP contribution in [0, 0.1) is 0 Å². The first-order valence-corrected chi connectivity index (χ1v) is 9.26. The molecule has 1 aliphatic heterocycles. The molecular weight excluding hydrogens is 316 g/mol. The number of halogens is 1. The maximum Gasteiger partial charge on any atom is 0.0577 e. The van der Waals surface area contributed by atoms with Crippen molar-refractivity contribution in [2.45, 2.75) is 6.42 Å². The number of rotatable bonds is 2. The van der Waals surface area contributed by atoms with Crippen molar-refractivity contribution in [2.24, 2.45) is 0 Å². The molecule has 1 aliphatic rings. The molecule has 0 nitrogen and oxygen atoms in total. The van der Waals surface area contributed by atoms with Crippen molar-refractivity contribution in [2.75, 3.05) is 11.5 Å². The zero-order valence-electron chi connectivity index (χ0n) is 11.5. The van der Waals surface area contributed by atoms with Gasteiger partial charge in [0.25, 0.3) is 0 Å². The van der Waals surface area contributed by atoms with E-state index in [2.05, 4.69) is 48.2 Å². The summed E-state index contributed by atoms with van der Waals surface area (Å²) in [5.74, 6) is 2.29. The maximum absolute atomic E-state index is 5.99. The molecule has 0 atom stereocenters. The van der Waals surface area contributed by atoms with Gasteiger partial charge in [-0.15, -0.1) is 23.5 Å². The van der Waals surface area contributed by atoms with Gasteiger partial charge in [-0.25, -0.2) is 0 Å². The summed E-state index contributed by atoms with van der Waals surface area (Å²) in [6.45, 7) is 0. The average Bonchev–Trinajstić information content (AvgIpc) is 2.49. The molecule has 2 aromatic carbocycles. The average molecular weight is 331 g/mol. The monoisotopic (exact) mass is 330 g/mol. The molecule has 21 heavy (non-hydrogen) atoms. The standard InChI is InChI=1S/C18H15ClS2/c19-16-9-7-15(8-10-16)18-13-17(20-11-4-12-21-18)14-5-2-1-3-6-14/h1-3,5-10H,4,11-12H2. The Morgan fingerprint density at radius 2 is 1.33 bits per heavy atom. The first kappa shape index (κ1) is 14.9. The molecule has 0 bridgehead atoms. The van der Waals surface area contributed by atoms with Crippen LogP contribution < -0.4 is 0 Å². The van der Waals surface area contributed by atoms with Gasteiger partial charge in [-0.05, 0) is 41.2 Å². The van der Waals surface area contributed by atoms with Crippen LogP contribution in [0.5, 0.6) is 0 Å². The highest BCUT2D eigenvalue weighted by molar-refractivity contribution is 8.09. The minimum atomic E-state index is 0.775. The molecule has 0 amide bonds. The maximum atomic E-state index is 5.99. The van der Waals surface area contributed by atoms with E-state index < -0.39 is 0 Å². The van der Waals surface area contributed by atoms with Gasteiger partial charge in [-0.1, -0.05) is 59.8 Å². The van der Waals surface area contributed by atoms with E-state index in [1.165, 1.54) is 27.4 Å². The molecule has 0 aliphatic carbocycles. The van der Waals surface area contributed by atoms with E-state index in [-0.39, 0.29) is 0 Å². The van der Waals surface area contributed by atoms with Gasteiger partial charge in [0, 0.05) is 5.02 Å². The molecule has 0 fully saturated rings. The number of benzene rings is 2. The zero-order valence-corrected chi connectivity index (χ0v) is 13.9. The van der Waals surface area contributed by atoms with Crippen molar-refractivity contribution in [1.82, 2.24) is 0 Å². The van der Waals surface area contributed by atoms with E-state index in [0.29, 0.717) is 0 Å². The molecule has 0 saturated carbocycles. The van der Waals surface area contributed by atoms with Crippen LogP contribution in [0.3, 0.4) is 0 Å². The Balaban J connectivity index is 2.08. The van der Waals surface area contributed by atoms with Crippen LogP contribution in [0.1, 0.15) is 17.5 Å². The van der Waals surface area contributed by atoms with E-state index in [1.807, 2.05) is 35.7 Å². The van der Waals surface area contributed by atoms with Crippen LogP contribution >= 0.6 is 35.1 Å². The molecular formula is C18H15ClS2. The summed E-state index contributed by atoms with van der Waals surface area (Å²) in [5, 5.41) is 0.775. The van der Waals surface area contributed by atoms with E-state index >= 15 is 0 Å². The molecule has 1 heterocycles.